The Morgan fingerprint density at radius 2 is 2.05 bits per heavy atom. The number of hydrogen-bond donors (Lipinski definition) is 1. The molecule has 0 aliphatic rings. The van der Waals surface area contributed by atoms with Crippen molar-refractivity contribution in [3.63, 3.8) is 0 Å². The normalized spacial score (nSPS) is 10.4. The third-order valence-electron chi connectivity index (χ3n) is 3.18. The van der Waals surface area contributed by atoms with Crippen molar-refractivity contribution in [2.75, 3.05) is 0 Å². The third-order valence-corrected chi connectivity index (χ3v) is 3.18. The van der Waals surface area contributed by atoms with E-state index in [0.717, 1.165) is 11.3 Å². The van der Waals surface area contributed by atoms with Gasteiger partial charge in [0.15, 0.2) is 0 Å². The number of carbonyl (C=O) groups is 1. The molecule has 1 amide bonds. The molecule has 0 saturated heterocycles. The van der Waals surface area contributed by atoms with Crippen molar-refractivity contribution in [2.24, 2.45) is 0 Å². The van der Waals surface area contributed by atoms with Gasteiger partial charge in [0.05, 0.1) is 18.4 Å². The van der Waals surface area contributed by atoms with Crippen molar-refractivity contribution < 1.29 is 4.79 Å². The molecule has 0 unspecified atom stereocenters. The zero-order valence-corrected chi connectivity index (χ0v) is 12.1. The summed E-state index contributed by atoms with van der Waals surface area (Å²) in [5, 5.41) is 10.9. The number of aromatic nitrogens is 4. The Balaban J connectivity index is 1.65. The van der Waals surface area contributed by atoms with Crippen LogP contribution in [0.3, 0.4) is 0 Å². The van der Waals surface area contributed by atoms with Gasteiger partial charge >= 0.3 is 0 Å². The molecule has 2 heterocycles. The molecule has 0 radical (unpaired) electrons. The number of amides is 1. The molecule has 3 aromatic rings. The summed E-state index contributed by atoms with van der Waals surface area (Å²) < 4.78 is 1.65. The quantitative estimate of drug-likeness (QED) is 0.797. The summed E-state index contributed by atoms with van der Waals surface area (Å²) in [5.41, 5.74) is 3.26. The molecule has 0 spiro atoms. The van der Waals surface area contributed by atoms with Gasteiger partial charge in [-0.15, -0.1) is 5.10 Å². The molecule has 6 heteroatoms. The van der Waals surface area contributed by atoms with Crippen LogP contribution < -0.4 is 5.32 Å². The van der Waals surface area contributed by atoms with Crippen molar-refractivity contribution >= 4 is 5.91 Å². The second-order valence-corrected chi connectivity index (χ2v) is 4.91. The van der Waals surface area contributed by atoms with Crippen LogP contribution in [0.25, 0.3) is 5.69 Å². The molecule has 2 aromatic heterocycles. The predicted octanol–water partition coefficient (Wildman–Crippen LogP) is 1.90. The summed E-state index contributed by atoms with van der Waals surface area (Å²) >= 11 is 0. The van der Waals surface area contributed by atoms with Gasteiger partial charge in [-0.25, -0.2) is 4.68 Å². The monoisotopic (exact) mass is 293 g/mol. The fourth-order valence-corrected chi connectivity index (χ4v) is 2.06. The van der Waals surface area contributed by atoms with Crippen LogP contribution in [-0.4, -0.2) is 25.9 Å². The summed E-state index contributed by atoms with van der Waals surface area (Å²) in [6.07, 6.45) is 5.16. The van der Waals surface area contributed by atoms with Crippen LogP contribution in [0.5, 0.6) is 0 Å². The first-order chi connectivity index (χ1) is 10.7. The number of benzene rings is 1. The number of pyridine rings is 1. The number of nitrogens with one attached hydrogen (secondary N) is 1. The van der Waals surface area contributed by atoms with Crippen molar-refractivity contribution in [3.8, 4) is 5.69 Å². The van der Waals surface area contributed by atoms with E-state index in [1.807, 2.05) is 37.3 Å². The first-order valence-corrected chi connectivity index (χ1v) is 6.89. The Labute approximate surface area is 127 Å². The van der Waals surface area contributed by atoms with E-state index in [2.05, 4.69) is 20.6 Å². The van der Waals surface area contributed by atoms with E-state index in [-0.39, 0.29) is 5.91 Å². The lowest BCUT2D eigenvalue weighted by Crippen LogP contribution is -2.23. The Bertz CT molecular complexity index is 782. The van der Waals surface area contributed by atoms with Crippen LogP contribution in [0.1, 0.15) is 21.6 Å². The van der Waals surface area contributed by atoms with Crippen LogP contribution >= 0.6 is 0 Å². The first kappa shape index (κ1) is 13.9. The second-order valence-electron chi connectivity index (χ2n) is 4.91. The van der Waals surface area contributed by atoms with Gasteiger partial charge in [-0.2, -0.15) is 0 Å². The predicted molar refractivity (Wildman–Crippen MR) is 81.5 cm³/mol. The molecule has 0 atom stereocenters. The van der Waals surface area contributed by atoms with E-state index in [1.54, 1.807) is 29.3 Å². The standard InChI is InChI=1S/C16H15N5O/c1-12-3-2-4-13(9-12)16(22)18-10-14-11-21(20-19-14)15-5-7-17-8-6-15/h2-9,11H,10H2,1H3,(H,18,22). The molecule has 0 aliphatic heterocycles. The number of carbonyl (C=O) groups excluding carboxylic acids is 1. The van der Waals surface area contributed by atoms with Gasteiger partial charge in [0, 0.05) is 18.0 Å². The van der Waals surface area contributed by atoms with Gasteiger partial charge in [0.2, 0.25) is 0 Å². The van der Waals surface area contributed by atoms with Gasteiger partial charge in [-0.05, 0) is 31.2 Å². The van der Waals surface area contributed by atoms with E-state index < -0.39 is 0 Å². The Morgan fingerprint density at radius 1 is 1.23 bits per heavy atom. The zero-order chi connectivity index (χ0) is 15.4. The highest BCUT2D eigenvalue weighted by Crippen LogP contribution is 2.06. The molecule has 0 saturated carbocycles. The summed E-state index contributed by atoms with van der Waals surface area (Å²) in [5.74, 6) is -0.123. The molecular weight excluding hydrogens is 278 g/mol. The number of aryl methyl sites for hydroxylation is 1. The van der Waals surface area contributed by atoms with Gasteiger partial charge in [-0.3, -0.25) is 9.78 Å². The SMILES string of the molecule is Cc1cccc(C(=O)NCc2cn(-c3ccncc3)nn2)c1. The minimum Gasteiger partial charge on any atom is -0.346 e. The second kappa shape index (κ2) is 6.17. The van der Waals surface area contributed by atoms with E-state index in [4.69, 9.17) is 0 Å². The van der Waals surface area contributed by atoms with E-state index in [1.165, 1.54) is 0 Å². The van der Waals surface area contributed by atoms with E-state index >= 15 is 0 Å². The third kappa shape index (κ3) is 3.17. The molecule has 110 valence electrons. The fourth-order valence-electron chi connectivity index (χ4n) is 2.06. The van der Waals surface area contributed by atoms with Gasteiger partial charge in [0.1, 0.15) is 5.69 Å². The minimum atomic E-state index is -0.123. The lowest BCUT2D eigenvalue weighted by Gasteiger charge is -2.03. The smallest absolute Gasteiger partial charge is 0.251 e. The van der Waals surface area contributed by atoms with Gasteiger partial charge in [-0.1, -0.05) is 22.9 Å². The van der Waals surface area contributed by atoms with E-state index in [0.29, 0.717) is 17.8 Å². The lowest BCUT2D eigenvalue weighted by molar-refractivity contribution is 0.0950. The number of hydrogen-bond acceptors (Lipinski definition) is 4. The first-order valence-electron chi connectivity index (χ1n) is 6.89. The van der Waals surface area contributed by atoms with Crippen LogP contribution in [0.4, 0.5) is 0 Å². The van der Waals surface area contributed by atoms with Gasteiger partial charge < -0.3 is 5.32 Å². The van der Waals surface area contributed by atoms with Crippen LogP contribution in [0.2, 0.25) is 0 Å². The van der Waals surface area contributed by atoms with Crippen molar-refractivity contribution in [1.29, 1.82) is 0 Å². The van der Waals surface area contributed by atoms with Gasteiger partial charge in [0.25, 0.3) is 5.91 Å². The molecule has 6 nitrogen and oxygen atoms in total. The highest BCUT2D eigenvalue weighted by Gasteiger charge is 2.07. The molecule has 0 fully saturated rings. The zero-order valence-electron chi connectivity index (χ0n) is 12.1. The number of rotatable bonds is 4. The van der Waals surface area contributed by atoms with Crippen molar-refractivity contribution in [2.45, 2.75) is 13.5 Å². The number of nitrogens with zero attached hydrogens (tertiary/aromatic N) is 4. The average molecular weight is 293 g/mol. The average Bonchev–Trinajstić information content (AvgIpc) is 3.02. The van der Waals surface area contributed by atoms with E-state index in [9.17, 15) is 4.79 Å². The lowest BCUT2D eigenvalue weighted by atomic mass is 10.1. The highest BCUT2D eigenvalue weighted by atomic mass is 16.1. The molecule has 0 aliphatic carbocycles. The largest absolute Gasteiger partial charge is 0.346 e. The maximum Gasteiger partial charge on any atom is 0.251 e. The fraction of sp³-hybridized carbons (Fsp3) is 0.125. The van der Waals surface area contributed by atoms with Crippen molar-refractivity contribution in [1.82, 2.24) is 25.3 Å². The molecule has 3 rings (SSSR count). The molecule has 0 bridgehead atoms. The van der Waals surface area contributed by atoms with Crippen molar-refractivity contribution in [3.05, 3.63) is 71.8 Å². The summed E-state index contributed by atoms with van der Waals surface area (Å²) in [6, 6.07) is 11.1. The van der Waals surface area contributed by atoms with Crippen LogP contribution in [-0.2, 0) is 6.54 Å². The maximum absolute atomic E-state index is 12.1. The van der Waals surface area contributed by atoms with Crippen LogP contribution in [0, 0.1) is 6.92 Å². The molecular formula is C16H15N5O. The summed E-state index contributed by atoms with van der Waals surface area (Å²) in [6.45, 7) is 2.29. The Hall–Kier alpha value is -3.02. The molecule has 22 heavy (non-hydrogen) atoms. The molecule has 1 aromatic carbocycles. The minimum absolute atomic E-state index is 0.123. The Kier molecular flexibility index (Phi) is 3.91. The summed E-state index contributed by atoms with van der Waals surface area (Å²) in [7, 11) is 0. The van der Waals surface area contributed by atoms with Crippen LogP contribution in [0.15, 0.2) is 55.0 Å². The molecule has 1 N–H and O–H groups in total. The summed E-state index contributed by atoms with van der Waals surface area (Å²) in [4.78, 5) is 16.0. The highest BCUT2D eigenvalue weighted by molar-refractivity contribution is 5.94. The maximum atomic E-state index is 12.1. The Morgan fingerprint density at radius 3 is 2.82 bits per heavy atom. The topological polar surface area (TPSA) is 72.7 Å².